The highest BCUT2D eigenvalue weighted by Crippen LogP contribution is 2.12. The van der Waals surface area contributed by atoms with E-state index < -0.39 is 0 Å². The van der Waals surface area contributed by atoms with Crippen molar-refractivity contribution in [2.75, 3.05) is 13.7 Å². The molecule has 0 aliphatic rings. The molecule has 0 saturated carbocycles. The molecule has 0 amide bonds. The SMILES string of the molecule is COc1cccc(CNC(CO)C(C)C)c1. The fourth-order valence-corrected chi connectivity index (χ4v) is 1.54. The standard InChI is InChI=1S/C13H21NO2/c1-10(2)13(9-15)14-8-11-5-4-6-12(7-11)16-3/h4-7,10,13-15H,8-9H2,1-3H3. The van der Waals surface area contributed by atoms with Gasteiger partial charge in [-0.2, -0.15) is 0 Å². The molecule has 0 saturated heterocycles. The Labute approximate surface area is 97.4 Å². The van der Waals surface area contributed by atoms with Crippen LogP contribution >= 0.6 is 0 Å². The van der Waals surface area contributed by atoms with Gasteiger partial charge in [-0.05, 0) is 23.6 Å². The third-order valence-corrected chi connectivity index (χ3v) is 2.70. The molecule has 0 radical (unpaired) electrons. The molecule has 1 atom stereocenters. The summed E-state index contributed by atoms with van der Waals surface area (Å²) in [5, 5.41) is 12.5. The Bertz CT molecular complexity index is 313. The molecule has 1 aromatic carbocycles. The monoisotopic (exact) mass is 223 g/mol. The van der Waals surface area contributed by atoms with Crippen molar-refractivity contribution in [2.45, 2.75) is 26.4 Å². The van der Waals surface area contributed by atoms with Gasteiger partial charge in [-0.15, -0.1) is 0 Å². The molecular formula is C13H21NO2. The minimum Gasteiger partial charge on any atom is -0.497 e. The molecule has 2 N–H and O–H groups in total. The van der Waals surface area contributed by atoms with E-state index in [1.54, 1.807) is 7.11 Å². The van der Waals surface area contributed by atoms with E-state index in [-0.39, 0.29) is 12.6 Å². The summed E-state index contributed by atoms with van der Waals surface area (Å²) in [5.41, 5.74) is 1.17. The van der Waals surface area contributed by atoms with Crippen molar-refractivity contribution in [1.29, 1.82) is 0 Å². The molecular weight excluding hydrogens is 202 g/mol. The molecule has 1 aromatic rings. The second-order valence-corrected chi connectivity index (χ2v) is 4.27. The van der Waals surface area contributed by atoms with Crippen LogP contribution < -0.4 is 10.1 Å². The summed E-state index contributed by atoms with van der Waals surface area (Å²) < 4.78 is 5.16. The Morgan fingerprint density at radius 2 is 2.12 bits per heavy atom. The van der Waals surface area contributed by atoms with Crippen LogP contribution in [0.4, 0.5) is 0 Å². The maximum Gasteiger partial charge on any atom is 0.119 e. The number of benzene rings is 1. The lowest BCUT2D eigenvalue weighted by atomic mass is 10.1. The van der Waals surface area contributed by atoms with Gasteiger partial charge < -0.3 is 15.2 Å². The van der Waals surface area contributed by atoms with Crippen LogP contribution in [0.1, 0.15) is 19.4 Å². The predicted octanol–water partition coefficient (Wildman–Crippen LogP) is 1.80. The maximum atomic E-state index is 9.19. The molecule has 3 nitrogen and oxygen atoms in total. The fourth-order valence-electron chi connectivity index (χ4n) is 1.54. The van der Waals surface area contributed by atoms with Crippen LogP contribution in [-0.2, 0) is 6.54 Å². The van der Waals surface area contributed by atoms with Crippen molar-refractivity contribution in [3.05, 3.63) is 29.8 Å². The van der Waals surface area contributed by atoms with Crippen molar-refractivity contribution in [3.8, 4) is 5.75 Å². The Balaban J connectivity index is 2.53. The van der Waals surface area contributed by atoms with E-state index in [0.29, 0.717) is 5.92 Å². The van der Waals surface area contributed by atoms with Gasteiger partial charge in [-0.25, -0.2) is 0 Å². The zero-order chi connectivity index (χ0) is 12.0. The lowest BCUT2D eigenvalue weighted by molar-refractivity contribution is 0.210. The zero-order valence-electron chi connectivity index (χ0n) is 10.2. The molecule has 0 aromatic heterocycles. The topological polar surface area (TPSA) is 41.5 Å². The van der Waals surface area contributed by atoms with Gasteiger partial charge in [0.2, 0.25) is 0 Å². The summed E-state index contributed by atoms with van der Waals surface area (Å²) in [6, 6.07) is 8.09. The summed E-state index contributed by atoms with van der Waals surface area (Å²) in [4.78, 5) is 0. The minimum absolute atomic E-state index is 0.145. The molecule has 90 valence electrons. The quantitative estimate of drug-likeness (QED) is 0.772. The lowest BCUT2D eigenvalue weighted by Crippen LogP contribution is -2.36. The molecule has 0 spiro atoms. The Morgan fingerprint density at radius 3 is 2.69 bits per heavy atom. The molecule has 16 heavy (non-hydrogen) atoms. The first-order valence-electron chi connectivity index (χ1n) is 5.64. The summed E-state index contributed by atoms with van der Waals surface area (Å²) in [6.45, 7) is 5.11. The minimum atomic E-state index is 0.145. The van der Waals surface area contributed by atoms with E-state index in [1.807, 2.05) is 24.3 Å². The van der Waals surface area contributed by atoms with E-state index in [2.05, 4.69) is 19.2 Å². The highest BCUT2D eigenvalue weighted by atomic mass is 16.5. The van der Waals surface area contributed by atoms with Gasteiger partial charge in [0.15, 0.2) is 0 Å². The summed E-state index contributed by atoms with van der Waals surface area (Å²) in [6.07, 6.45) is 0. The largest absolute Gasteiger partial charge is 0.497 e. The number of hydrogen-bond donors (Lipinski definition) is 2. The van der Waals surface area contributed by atoms with Crippen LogP contribution in [0.2, 0.25) is 0 Å². The first-order chi connectivity index (χ1) is 7.67. The fraction of sp³-hybridized carbons (Fsp3) is 0.538. The number of methoxy groups -OCH3 is 1. The Kier molecular flexibility index (Phi) is 5.29. The number of nitrogens with one attached hydrogen (secondary N) is 1. The third-order valence-electron chi connectivity index (χ3n) is 2.70. The van der Waals surface area contributed by atoms with Gasteiger partial charge in [0.05, 0.1) is 13.7 Å². The van der Waals surface area contributed by atoms with Crippen LogP contribution in [0.15, 0.2) is 24.3 Å². The average Bonchev–Trinajstić information content (AvgIpc) is 2.29. The van der Waals surface area contributed by atoms with Crippen molar-refractivity contribution in [3.63, 3.8) is 0 Å². The van der Waals surface area contributed by atoms with Crippen LogP contribution in [0.5, 0.6) is 5.75 Å². The van der Waals surface area contributed by atoms with E-state index in [4.69, 9.17) is 4.74 Å². The van der Waals surface area contributed by atoms with Gasteiger partial charge in [0.1, 0.15) is 5.75 Å². The third kappa shape index (κ3) is 3.83. The van der Waals surface area contributed by atoms with Gasteiger partial charge in [0.25, 0.3) is 0 Å². The average molecular weight is 223 g/mol. The van der Waals surface area contributed by atoms with Crippen molar-refractivity contribution < 1.29 is 9.84 Å². The predicted molar refractivity (Wildman–Crippen MR) is 65.5 cm³/mol. The molecule has 1 rings (SSSR count). The van der Waals surface area contributed by atoms with Crippen LogP contribution in [0, 0.1) is 5.92 Å². The zero-order valence-corrected chi connectivity index (χ0v) is 10.2. The van der Waals surface area contributed by atoms with Crippen LogP contribution in [-0.4, -0.2) is 24.9 Å². The highest BCUT2D eigenvalue weighted by Gasteiger charge is 2.10. The normalized spacial score (nSPS) is 12.8. The molecule has 1 unspecified atom stereocenters. The Morgan fingerprint density at radius 1 is 1.38 bits per heavy atom. The van der Waals surface area contributed by atoms with Gasteiger partial charge in [-0.1, -0.05) is 26.0 Å². The molecule has 0 aliphatic carbocycles. The molecule has 0 heterocycles. The summed E-state index contributed by atoms with van der Waals surface area (Å²) in [7, 11) is 1.66. The van der Waals surface area contributed by atoms with Crippen molar-refractivity contribution in [2.24, 2.45) is 5.92 Å². The molecule has 0 fully saturated rings. The smallest absolute Gasteiger partial charge is 0.119 e. The Hall–Kier alpha value is -1.06. The number of hydrogen-bond acceptors (Lipinski definition) is 3. The van der Waals surface area contributed by atoms with E-state index in [9.17, 15) is 5.11 Å². The van der Waals surface area contributed by atoms with E-state index >= 15 is 0 Å². The first-order valence-corrected chi connectivity index (χ1v) is 5.64. The summed E-state index contributed by atoms with van der Waals surface area (Å²) >= 11 is 0. The van der Waals surface area contributed by atoms with E-state index in [1.165, 1.54) is 5.56 Å². The number of ether oxygens (including phenoxy) is 1. The highest BCUT2D eigenvalue weighted by molar-refractivity contribution is 5.28. The van der Waals surface area contributed by atoms with Gasteiger partial charge in [-0.3, -0.25) is 0 Å². The molecule has 0 aliphatic heterocycles. The second-order valence-electron chi connectivity index (χ2n) is 4.27. The van der Waals surface area contributed by atoms with E-state index in [0.717, 1.165) is 12.3 Å². The first kappa shape index (κ1) is 13.0. The lowest BCUT2D eigenvalue weighted by Gasteiger charge is -2.20. The van der Waals surface area contributed by atoms with Crippen LogP contribution in [0.25, 0.3) is 0 Å². The number of aliphatic hydroxyl groups is 1. The van der Waals surface area contributed by atoms with Gasteiger partial charge in [0, 0.05) is 12.6 Å². The number of rotatable bonds is 6. The summed E-state index contributed by atoms with van der Waals surface area (Å²) in [5.74, 6) is 1.29. The molecule has 3 heteroatoms. The van der Waals surface area contributed by atoms with Gasteiger partial charge >= 0.3 is 0 Å². The molecule has 0 bridgehead atoms. The van der Waals surface area contributed by atoms with Crippen molar-refractivity contribution >= 4 is 0 Å². The second kappa shape index (κ2) is 6.51. The number of aliphatic hydroxyl groups excluding tert-OH is 1. The maximum absolute atomic E-state index is 9.19. The van der Waals surface area contributed by atoms with Crippen molar-refractivity contribution in [1.82, 2.24) is 5.32 Å². The van der Waals surface area contributed by atoms with Crippen LogP contribution in [0.3, 0.4) is 0 Å².